The van der Waals surface area contributed by atoms with Gasteiger partial charge in [-0.25, -0.2) is 0 Å². The predicted octanol–water partition coefficient (Wildman–Crippen LogP) is 10.9. The minimum absolute atomic E-state index is 0.917. The fourth-order valence-electron chi connectivity index (χ4n) is 7.36. The SMILES string of the molecule is c1cc(-n2c3ccccc3c3ccccc32)cc(-n2c3ccccc3c3c4oc5ccccc5c4c4ccccc4c32)c1. The number of para-hydroxylation sites is 4. The van der Waals surface area contributed by atoms with Gasteiger partial charge in [0.05, 0.1) is 27.5 Å². The lowest BCUT2D eigenvalue weighted by Gasteiger charge is -2.14. The third kappa shape index (κ3) is 2.98. The van der Waals surface area contributed by atoms with Crippen molar-refractivity contribution in [2.75, 3.05) is 0 Å². The van der Waals surface area contributed by atoms with E-state index in [4.69, 9.17) is 4.42 Å². The minimum Gasteiger partial charge on any atom is -0.455 e. The highest BCUT2D eigenvalue weighted by molar-refractivity contribution is 6.35. The lowest BCUT2D eigenvalue weighted by Crippen LogP contribution is -1.99. The average molecular weight is 549 g/mol. The molecule has 0 spiro atoms. The molecule has 0 atom stereocenters. The van der Waals surface area contributed by atoms with Gasteiger partial charge in [-0.15, -0.1) is 0 Å². The Morgan fingerprint density at radius 3 is 1.58 bits per heavy atom. The number of hydrogen-bond acceptors (Lipinski definition) is 1. The zero-order valence-electron chi connectivity index (χ0n) is 23.2. The van der Waals surface area contributed by atoms with Crippen LogP contribution in [0, 0.1) is 0 Å². The lowest BCUT2D eigenvalue weighted by molar-refractivity contribution is 0.673. The van der Waals surface area contributed by atoms with Gasteiger partial charge in [-0.1, -0.05) is 103 Å². The second kappa shape index (κ2) is 8.37. The van der Waals surface area contributed by atoms with Crippen LogP contribution in [0.5, 0.6) is 0 Å². The molecule has 7 aromatic carbocycles. The first kappa shape index (κ1) is 22.8. The van der Waals surface area contributed by atoms with Gasteiger partial charge in [0.2, 0.25) is 0 Å². The van der Waals surface area contributed by atoms with Gasteiger partial charge in [0.25, 0.3) is 0 Å². The first-order chi connectivity index (χ1) is 21.4. The van der Waals surface area contributed by atoms with Crippen LogP contribution in [0.15, 0.2) is 150 Å². The molecule has 0 amide bonds. The van der Waals surface area contributed by atoms with Crippen molar-refractivity contribution in [2.45, 2.75) is 0 Å². The maximum absolute atomic E-state index is 6.69. The summed E-state index contributed by atoms with van der Waals surface area (Å²) >= 11 is 0. The number of furan rings is 1. The van der Waals surface area contributed by atoms with Crippen LogP contribution in [0.4, 0.5) is 0 Å². The van der Waals surface area contributed by atoms with E-state index in [1.54, 1.807) is 0 Å². The molecule has 0 N–H and O–H groups in total. The van der Waals surface area contributed by atoms with Crippen LogP contribution in [-0.4, -0.2) is 9.13 Å². The summed E-state index contributed by atoms with van der Waals surface area (Å²) in [4.78, 5) is 0. The van der Waals surface area contributed by atoms with E-state index < -0.39 is 0 Å². The fraction of sp³-hybridized carbons (Fsp3) is 0. The van der Waals surface area contributed by atoms with E-state index in [1.807, 2.05) is 6.07 Å². The Balaban J connectivity index is 1.37. The van der Waals surface area contributed by atoms with Gasteiger partial charge in [-0.2, -0.15) is 0 Å². The van der Waals surface area contributed by atoms with Crippen molar-refractivity contribution in [3.8, 4) is 11.4 Å². The minimum atomic E-state index is 0.917. The van der Waals surface area contributed by atoms with Crippen molar-refractivity contribution in [3.63, 3.8) is 0 Å². The molecule has 3 nitrogen and oxygen atoms in total. The molecule has 0 bridgehead atoms. The van der Waals surface area contributed by atoms with Crippen LogP contribution in [0.2, 0.25) is 0 Å². The Hall–Kier alpha value is -5.80. The first-order valence-electron chi connectivity index (χ1n) is 14.7. The van der Waals surface area contributed by atoms with Crippen molar-refractivity contribution in [2.24, 2.45) is 0 Å². The Bertz CT molecular complexity index is 2680. The second-order valence-electron chi connectivity index (χ2n) is 11.3. The maximum Gasteiger partial charge on any atom is 0.146 e. The lowest BCUT2D eigenvalue weighted by atomic mass is 9.99. The van der Waals surface area contributed by atoms with Gasteiger partial charge in [0.15, 0.2) is 0 Å². The smallest absolute Gasteiger partial charge is 0.146 e. The van der Waals surface area contributed by atoms with Crippen molar-refractivity contribution in [1.82, 2.24) is 9.13 Å². The largest absolute Gasteiger partial charge is 0.455 e. The summed E-state index contributed by atoms with van der Waals surface area (Å²) < 4.78 is 11.5. The van der Waals surface area contributed by atoms with Gasteiger partial charge >= 0.3 is 0 Å². The molecule has 10 aromatic rings. The van der Waals surface area contributed by atoms with Crippen molar-refractivity contribution >= 4 is 76.3 Å². The van der Waals surface area contributed by atoms with Crippen LogP contribution in [-0.2, 0) is 0 Å². The molecule has 3 aromatic heterocycles. The summed E-state index contributed by atoms with van der Waals surface area (Å²) in [7, 11) is 0. The van der Waals surface area contributed by atoms with Gasteiger partial charge in [-0.3, -0.25) is 0 Å². The molecule has 3 heterocycles. The summed E-state index contributed by atoms with van der Waals surface area (Å²) in [5, 5.41) is 9.63. The first-order valence-corrected chi connectivity index (χ1v) is 14.7. The Kier molecular flexibility index (Phi) is 4.45. The van der Waals surface area contributed by atoms with Crippen LogP contribution in [0.25, 0.3) is 87.7 Å². The number of rotatable bonds is 2. The van der Waals surface area contributed by atoms with Crippen LogP contribution < -0.4 is 0 Å². The molecule has 200 valence electrons. The number of nitrogens with zero attached hydrogens (tertiary/aromatic N) is 2. The summed E-state index contributed by atoms with van der Waals surface area (Å²) in [5.41, 5.74) is 8.86. The molecular formula is C40H24N2O. The molecule has 0 radical (unpaired) electrons. The van der Waals surface area contributed by atoms with Crippen molar-refractivity contribution in [3.05, 3.63) is 146 Å². The Labute approximate surface area is 246 Å². The highest BCUT2D eigenvalue weighted by atomic mass is 16.3. The summed E-state index contributed by atoms with van der Waals surface area (Å²) in [6.45, 7) is 0. The van der Waals surface area contributed by atoms with Crippen LogP contribution in [0.1, 0.15) is 0 Å². The van der Waals surface area contributed by atoms with E-state index >= 15 is 0 Å². The van der Waals surface area contributed by atoms with E-state index in [1.165, 1.54) is 48.9 Å². The van der Waals surface area contributed by atoms with Crippen molar-refractivity contribution in [1.29, 1.82) is 0 Å². The molecule has 43 heavy (non-hydrogen) atoms. The molecule has 0 aliphatic heterocycles. The number of aromatic nitrogens is 2. The molecule has 3 heteroatoms. The summed E-state index contributed by atoms with van der Waals surface area (Å²) in [6.07, 6.45) is 0. The Morgan fingerprint density at radius 2 is 0.884 bits per heavy atom. The molecule has 0 saturated carbocycles. The monoisotopic (exact) mass is 548 g/mol. The summed E-state index contributed by atoms with van der Waals surface area (Å²) in [5.74, 6) is 0. The fourth-order valence-corrected chi connectivity index (χ4v) is 7.36. The van der Waals surface area contributed by atoms with Gasteiger partial charge in [-0.05, 0) is 47.9 Å². The quantitative estimate of drug-likeness (QED) is 0.211. The number of fused-ring (bicyclic) bond motifs is 13. The molecule has 0 saturated heterocycles. The van der Waals surface area contributed by atoms with E-state index in [0.717, 1.165) is 38.8 Å². The maximum atomic E-state index is 6.69. The van der Waals surface area contributed by atoms with E-state index in [9.17, 15) is 0 Å². The van der Waals surface area contributed by atoms with Gasteiger partial charge < -0.3 is 13.6 Å². The molecule has 0 aliphatic rings. The van der Waals surface area contributed by atoms with E-state index in [2.05, 4.69) is 149 Å². The van der Waals surface area contributed by atoms with E-state index in [-0.39, 0.29) is 0 Å². The van der Waals surface area contributed by atoms with Gasteiger partial charge in [0.1, 0.15) is 11.2 Å². The predicted molar refractivity (Wildman–Crippen MR) is 180 cm³/mol. The highest BCUT2D eigenvalue weighted by Gasteiger charge is 2.23. The average Bonchev–Trinajstić information content (AvgIpc) is 3.73. The number of hydrogen-bond donors (Lipinski definition) is 0. The van der Waals surface area contributed by atoms with Crippen LogP contribution >= 0.6 is 0 Å². The van der Waals surface area contributed by atoms with E-state index in [0.29, 0.717) is 0 Å². The third-order valence-corrected chi connectivity index (χ3v) is 9.07. The molecular weight excluding hydrogens is 524 g/mol. The molecule has 10 rings (SSSR count). The topological polar surface area (TPSA) is 23.0 Å². The number of benzene rings is 7. The highest BCUT2D eigenvalue weighted by Crippen LogP contribution is 2.45. The summed E-state index contributed by atoms with van der Waals surface area (Å²) in [6, 6.07) is 52.2. The normalized spacial score (nSPS) is 12.2. The zero-order valence-corrected chi connectivity index (χ0v) is 23.2. The van der Waals surface area contributed by atoms with Gasteiger partial charge in [0, 0.05) is 43.7 Å². The zero-order chi connectivity index (χ0) is 28.1. The molecule has 0 unspecified atom stereocenters. The third-order valence-electron chi connectivity index (χ3n) is 9.07. The molecule has 0 fully saturated rings. The van der Waals surface area contributed by atoms with Crippen molar-refractivity contribution < 1.29 is 4.42 Å². The second-order valence-corrected chi connectivity index (χ2v) is 11.3. The standard InChI is InChI=1S/C40H24N2O/c1-2-17-30-29(16-1)37-32-19-6-10-23-36(32)43-40(37)38-31-18-5-9-22-35(31)42(39(30)38)26-13-11-12-25(24-26)41-33-20-7-3-14-27(33)28-15-4-8-21-34(28)41/h1-24H. The van der Waals surface area contributed by atoms with Crippen LogP contribution in [0.3, 0.4) is 0 Å². The molecule has 0 aliphatic carbocycles. The Morgan fingerprint density at radius 1 is 0.372 bits per heavy atom.